The fourth-order valence-electron chi connectivity index (χ4n) is 2.75. The molecule has 0 bridgehead atoms. The number of hydrogen-bond donors (Lipinski definition) is 0. The Morgan fingerprint density at radius 3 is 1.93 bits per heavy atom. The molecule has 0 aliphatic carbocycles. The van der Waals surface area contributed by atoms with Gasteiger partial charge in [-0.15, -0.1) is 0 Å². The van der Waals surface area contributed by atoms with Gasteiger partial charge in [-0.1, -0.05) is 60.7 Å². The first-order valence-electron chi connectivity index (χ1n) is 9.12. The maximum absolute atomic E-state index is 12.9. The molecule has 3 aromatic carbocycles. The first-order valence-corrected chi connectivity index (χ1v) is 9.12. The van der Waals surface area contributed by atoms with Crippen LogP contribution in [0, 0.1) is 0 Å². The summed E-state index contributed by atoms with van der Waals surface area (Å²) in [4.78, 5) is 36.6. The number of rotatable bonds is 8. The van der Waals surface area contributed by atoms with Crippen molar-refractivity contribution in [1.29, 1.82) is 0 Å². The second-order valence-corrected chi connectivity index (χ2v) is 6.38. The SMILES string of the molecule is CC(=O)c1ccc(OCC(=O)O[C@@H](C(=O)c2ccccc2)c2ccccc2)cc1. The van der Waals surface area contributed by atoms with Gasteiger partial charge in [-0.3, -0.25) is 9.59 Å². The Morgan fingerprint density at radius 1 is 0.759 bits per heavy atom. The van der Waals surface area contributed by atoms with Gasteiger partial charge in [0.25, 0.3) is 0 Å². The molecule has 0 saturated carbocycles. The van der Waals surface area contributed by atoms with Crippen molar-refractivity contribution in [2.75, 3.05) is 6.61 Å². The number of carbonyl (C=O) groups excluding carboxylic acids is 3. The minimum atomic E-state index is -1.06. The summed E-state index contributed by atoms with van der Waals surface area (Å²) in [6, 6.07) is 24.0. The van der Waals surface area contributed by atoms with Crippen molar-refractivity contribution in [3.8, 4) is 5.75 Å². The molecule has 0 radical (unpaired) electrons. The number of ether oxygens (including phenoxy) is 2. The summed E-state index contributed by atoms with van der Waals surface area (Å²) >= 11 is 0. The summed E-state index contributed by atoms with van der Waals surface area (Å²) in [7, 11) is 0. The van der Waals surface area contributed by atoms with E-state index in [1.807, 2.05) is 12.1 Å². The van der Waals surface area contributed by atoms with Crippen LogP contribution in [0.1, 0.15) is 39.3 Å². The number of Topliss-reactive ketones (excluding diaryl/α,β-unsaturated/α-hetero) is 2. The molecule has 1 atom stereocenters. The second-order valence-electron chi connectivity index (χ2n) is 6.38. The number of benzene rings is 3. The van der Waals surface area contributed by atoms with Crippen LogP contribution in [-0.4, -0.2) is 24.1 Å². The monoisotopic (exact) mass is 388 g/mol. The Bertz CT molecular complexity index is 979. The summed E-state index contributed by atoms with van der Waals surface area (Å²) < 4.78 is 10.9. The minimum Gasteiger partial charge on any atom is -0.482 e. The molecular weight excluding hydrogens is 368 g/mol. The largest absolute Gasteiger partial charge is 0.482 e. The van der Waals surface area contributed by atoms with Crippen LogP contribution in [0.5, 0.6) is 5.75 Å². The topological polar surface area (TPSA) is 69.7 Å². The molecule has 5 nitrogen and oxygen atoms in total. The van der Waals surface area contributed by atoms with Gasteiger partial charge in [0.05, 0.1) is 0 Å². The number of hydrogen-bond acceptors (Lipinski definition) is 5. The van der Waals surface area contributed by atoms with Crippen molar-refractivity contribution >= 4 is 17.5 Å². The predicted molar refractivity (Wildman–Crippen MR) is 108 cm³/mol. The van der Waals surface area contributed by atoms with Crippen LogP contribution in [0.25, 0.3) is 0 Å². The molecule has 0 fully saturated rings. The zero-order valence-corrected chi connectivity index (χ0v) is 15.9. The van der Waals surface area contributed by atoms with Crippen LogP contribution in [0.4, 0.5) is 0 Å². The van der Waals surface area contributed by atoms with Gasteiger partial charge in [0.1, 0.15) is 5.75 Å². The first kappa shape index (κ1) is 20.0. The number of carbonyl (C=O) groups is 3. The standard InChI is InChI=1S/C24H20O5/c1-17(25)18-12-14-21(15-13-18)28-16-22(26)29-24(20-10-6-3-7-11-20)23(27)19-8-4-2-5-9-19/h2-15,24H,16H2,1H3/t24-/m1/s1. The van der Waals surface area contributed by atoms with Crippen LogP contribution in [0.15, 0.2) is 84.9 Å². The summed E-state index contributed by atoms with van der Waals surface area (Å²) in [6.45, 7) is 1.12. The molecule has 0 aliphatic heterocycles. The Labute approximate surface area is 168 Å². The normalized spacial score (nSPS) is 11.3. The number of ketones is 2. The van der Waals surface area contributed by atoms with Crippen LogP contribution in [0.2, 0.25) is 0 Å². The minimum absolute atomic E-state index is 0.0545. The van der Waals surface area contributed by atoms with Gasteiger partial charge < -0.3 is 9.47 Å². The highest BCUT2D eigenvalue weighted by molar-refractivity contribution is 6.01. The summed E-state index contributed by atoms with van der Waals surface area (Å²) in [5, 5.41) is 0. The Kier molecular flexibility index (Phi) is 6.53. The highest BCUT2D eigenvalue weighted by Crippen LogP contribution is 2.23. The van der Waals surface area contributed by atoms with Gasteiger partial charge in [-0.25, -0.2) is 4.79 Å². The smallest absolute Gasteiger partial charge is 0.345 e. The molecule has 3 aromatic rings. The van der Waals surface area contributed by atoms with Crippen molar-refractivity contribution in [2.24, 2.45) is 0 Å². The van der Waals surface area contributed by atoms with Gasteiger partial charge in [0.2, 0.25) is 5.78 Å². The van der Waals surface area contributed by atoms with Gasteiger partial charge in [0.15, 0.2) is 18.5 Å². The Hall–Kier alpha value is -3.73. The molecule has 146 valence electrons. The van der Waals surface area contributed by atoms with Gasteiger partial charge in [-0.05, 0) is 31.2 Å². The molecule has 0 aliphatic rings. The first-order chi connectivity index (χ1) is 14.0. The molecule has 5 heteroatoms. The molecule has 0 aromatic heterocycles. The third kappa shape index (κ3) is 5.39. The molecule has 29 heavy (non-hydrogen) atoms. The van der Waals surface area contributed by atoms with Crippen LogP contribution in [0.3, 0.4) is 0 Å². The van der Waals surface area contributed by atoms with E-state index in [1.54, 1.807) is 72.8 Å². The van der Waals surface area contributed by atoms with E-state index in [9.17, 15) is 14.4 Å². The molecular formula is C24H20O5. The van der Waals surface area contributed by atoms with E-state index < -0.39 is 12.1 Å². The zero-order valence-electron chi connectivity index (χ0n) is 15.9. The average Bonchev–Trinajstić information content (AvgIpc) is 2.77. The fraction of sp³-hybridized carbons (Fsp3) is 0.125. The third-order valence-electron chi connectivity index (χ3n) is 4.27. The maximum Gasteiger partial charge on any atom is 0.345 e. The average molecular weight is 388 g/mol. The summed E-state index contributed by atoms with van der Waals surface area (Å²) in [5.74, 6) is -0.603. The van der Waals surface area contributed by atoms with Gasteiger partial charge >= 0.3 is 5.97 Å². The quantitative estimate of drug-likeness (QED) is 0.422. The molecule has 0 spiro atoms. The molecule has 0 saturated heterocycles. The lowest BCUT2D eigenvalue weighted by atomic mass is 10.00. The summed E-state index contributed by atoms with van der Waals surface area (Å²) in [5.41, 5.74) is 1.59. The Balaban J connectivity index is 1.69. The van der Waals surface area contributed by atoms with Crippen LogP contribution >= 0.6 is 0 Å². The van der Waals surface area contributed by atoms with Gasteiger partial charge in [-0.2, -0.15) is 0 Å². The highest BCUT2D eigenvalue weighted by atomic mass is 16.6. The lowest BCUT2D eigenvalue weighted by molar-refractivity contribution is -0.149. The number of esters is 1. The van der Waals surface area contributed by atoms with Gasteiger partial charge in [0, 0.05) is 16.7 Å². The van der Waals surface area contributed by atoms with E-state index in [1.165, 1.54) is 6.92 Å². The lowest BCUT2D eigenvalue weighted by Crippen LogP contribution is -2.23. The van der Waals surface area contributed by atoms with E-state index in [2.05, 4.69) is 0 Å². The van der Waals surface area contributed by atoms with Crippen molar-refractivity contribution < 1.29 is 23.9 Å². The fourth-order valence-corrected chi connectivity index (χ4v) is 2.75. The predicted octanol–water partition coefficient (Wildman–Crippen LogP) is 4.44. The van der Waals surface area contributed by atoms with Crippen molar-refractivity contribution in [3.05, 3.63) is 102 Å². The van der Waals surface area contributed by atoms with E-state index in [0.29, 0.717) is 22.4 Å². The van der Waals surface area contributed by atoms with E-state index in [4.69, 9.17) is 9.47 Å². The van der Waals surface area contributed by atoms with Crippen LogP contribution < -0.4 is 4.74 Å². The highest BCUT2D eigenvalue weighted by Gasteiger charge is 2.26. The van der Waals surface area contributed by atoms with E-state index in [0.717, 1.165) is 0 Å². The van der Waals surface area contributed by atoms with Crippen LogP contribution in [-0.2, 0) is 9.53 Å². The molecule has 0 unspecified atom stereocenters. The molecule has 0 heterocycles. The third-order valence-corrected chi connectivity index (χ3v) is 4.27. The summed E-state index contributed by atoms with van der Waals surface area (Å²) in [6.07, 6.45) is -1.06. The molecule has 3 rings (SSSR count). The lowest BCUT2D eigenvalue weighted by Gasteiger charge is -2.17. The van der Waals surface area contributed by atoms with Crippen molar-refractivity contribution in [2.45, 2.75) is 13.0 Å². The second kappa shape index (κ2) is 9.46. The molecule has 0 N–H and O–H groups in total. The maximum atomic E-state index is 12.9. The van der Waals surface area contributed by atoms with E-state index in [-0.39, 0.29) is 18.2 Å². The van der Waals surface area contributed by atoms with E-state index >= 15 is 0 Å². The molecule has 0 amide bonds. The van der Waals surface area contributed by atoms with Crippen molar-refractivity contribution in [3.63, 3.8) is 0 Å². The zero-order chi connectivity index (χ0) is 20.6. The van der Waals surface area contributed by atoms with Crippen molar-refractivity contribution in [1.82, 2.24) is 0 Å². The Morgan fingerprint density at radius 2 is 1.34 bits per heavy atom.